The molecule has 18 heavy (non-hydrogen) atoms. The van der Waals surface area contributed by atoms with Gasteiger partial charge in [-0.05, 0) is 43.1 Å². The van der Waals surface area contributed by atoms with Gasteiger partial charge in [-0.3, -0.25) is 0 Å². The largest absolute Gasteiger partial charge is 0.305 e. The van der Waals surface area contributed by atoms with Crippen molar-refractivity contribution in [3.05, 3.63) is 22.2 Å². The molecule has 1 saturated heterocycles. The predicted octanol–water partition coefficient (Wildman–Crippen LogP) is 4.37. The Bertz CT molecular complexity index is 428. The summed E-state index contributed by atoms with van der Waals surface area (Å²) < 4.78 is 0. The van der Waals surface area contributed by atoms with Crippen molar-refractivity contribution in [2.75, 3.05) is 20.1 Å². The van der Waals surface area contributed by atoms with Crippen LogP contribution in [0.5, 0.6) is 0 Å². The van der Waals surface area contributed by atoms with Crippen LogP contribution in [0.15, 0.2) is 22.2 Å². The molecular formula is C15H21Cl2N. The first kappa shape index (κ1) is 13.0. The Morgan fingerprint density at radius 1 is 1.33 bits per heavy atom. The Morgan fingerprint density at radius 3 is 2.83 bits per heavy atom. The molecule has 0 N–H and O–H groups in total. The maximum atomic E-state index is 6.30. The normalized spacial score (nSPS) is 44.8. The van der Waals surface area contributed by atoms with E-state index in [1.165, 1.54) is 32.4 Å². The number of rotatable bonds is 1. The molecule has 2 aliphatic carbocycles. The third-order valence-electron chi connectivity index (χ3n) is 5.56. The third kappa shape index (κ3) is 1.71. The highest BCUT2D eigenvalue weighted by molar-refractivity contribution is 6.44. The highest BCUT2D eigenvalue weighted by atomic mass is 35.5. The van der Waals surface area contributed by atoms with Crippen molar-refractivity contribution in [1.82, 2.24) is 4.90 Å². The van der Waals surface area contributed by atoms with E-state index in [2.05, 4.69) is 31.0 Å². The topological polar surface area (TPSA) is 3.24 Å². The molecule has 0 spiro atoms. The molecule has 0 aromatic heterocycles. The standard InChI is InChI=1S/C15H21Cl2N/c1-14(7-5-12(16)13(17)8-14)15-6-3-4-11(15)9-18(2)10-15/h5,8,11H,3-4,6-7,9-10H2,1-2H3/t11?,14?,15-/m0/s1. The van der Waals surface area contributed by atoms with E-state index in [0.29, 0.717) is 5.41 Å². The van der Waals surface area contributed by atoms with Crippen molar-refractivity contribution in [2.24, 2.45) is 16.7 Å². The SMILES string of the molecule is CN1CC2CCC[C@]2(C2(C)C=C(Cl)C(Cl)=CC2)C1. The van der Waals surface area contributed by atoms with E-state index >= 15 is 0 Å². The van der Waals surface area contributed by atoms with Crippen LogP contribution in [0.4, 0.5) is 0 Å². The molecule has 2 fully saturated rings. The van der Waals surface area contributed by atoms with Gasteiger partial charge in [-0.25, -0.2) is 0 Å². The molecular weight excluding hydrogens is 265 g/mol. The quantitative estimate of drug-likeness (QED) is 0.691. The lowest BCUT2D eigenvalue weighted by Gasteiger charge is -2.46. The van der Waals surface area contributed by atoms with Crippen LogP contribution < -0.4 is 0 Å². The molecule has 100 valence electrons. The average molecular weight is 286 g/mol. The van der Waals surface area contributed by atoms with Gasteiger partial charge in [-0.1, -0.05) is 48.7 Å². The first-order chi connectivity index (χ1) is 8.47. The highest BCUT2D eigenvalue weighted by Crippen LogP contribution is 2.61. The molecule has 0 bridgehead atoms. The predicted molar refractivity (Wildman–Crippen MR) is 77.9 cm³/mol. The minimum atomic E-state index is 0.175. The summed E-state index contributed by atoms with van der Waals surface area (Å²) in [7, 11) is 2.25. The van der Waals surface area contributed by atoms with Crippen molar-refractivity contribution in [1.29, 1.82) is 0 Å². The van der Waals surface area contributed by atoms with Gasteiger partial charge < -0.3 is 4.90 Å². The second kappa shape index (κ2) is 4.26. The molecule has 0 aromatic carbocycles. The zero-order valence-electron chi connectivity index (χ0n) is 11.2. The van der Waals surface area contributed by atoms with E-state index in [4.69, 9.17) is 23.2 Å². The van der Waals surface area contributed by atoms with Crippen molar-refractivity contribution in [2.45, 2.75) is 32.6 Å². The van der Waals surface area contributed by atoms with Crippen LogP contribution in [0.3, 0.4) is 0 Å². The van der Waals surface area contributed by atoms with Gasteiger partial charge in [0.1, 0.15) is 0 Å². The zero-order chi connectivity index (χ0) is 13.0. The van der Waals surface area contributed by atoms with Crippen LogP contribution in [-0.2, 0) is 0 Å². The lowest BCUT2D eigenvalue weighted by molar-refractivity contribution is 0.0845. The van der Waals surface area contributed by atoms with Gasteiger partial charge >= 0.3 is 0 Å². The summed E-state index contributed by atoms with van der Waals surface area (Å²) in [6, 6.07) is 0. The van der Waals surface area contributed by atoms with Crippen molar-refractivity contribution in [3.63, 3.8) is 0 Å². The van der Waals surface area contributed by atoms with Crippen LogP contribution in [0.2, 0.25) is 0 Å². The molecule has 0 amide bonds. The Kier molecular flexibility index (Phi) is 3.08. The molecule has 0 aromatic rings. The van der Waals surface area contributed by atoms with Crippen molar-refractivity contribution >= 4 is 23.2 Å². The molecule has 0 radical (unpaired) electrons. The maximum Gasteiger partial charge on any atom is 0.0555 e. The second-order valence-electron chi connectivity index (χ2n) is 6.61. The van der Waals surface area contributed by atoms with E-state index in [1.807, 2.05) is 0 Å². The molecule has 1 aliphatic heterocycles. The van der Waals surface area contributed by atoms with E-state index in [0.717, 1.165) is 22.4 Å². The number of hydrogen-bond acceptors (Lipinski definition) is 1. The fourth-order valence-electron chi connectivity index (χ4n) is 4.63. The van der Waals surface area contributed by atoms with Crippen LogP contribution in [0, 0.1) is 16.7 Å². The number of likely N-dealkylation sites (tertiary alicyclic amines) is 1. The first-order valence-corrected chi connectivity index (χ1v) is 7.65. The second-order valence-corrected chi connectivity index (χ2v) is 7.42. The summed E-state index contributed by atoms with van der Waals surface area (Å²) >= 11 is 12.4. The zero-order valence-corrected chi connectivity index (χ0v) is 12.7. The first-order valence-electron chi connectivity index (χ1n) is 6.90. The smallest absolute Gasteiger partial charge is 0.0555 e. The van der Waals surface area contributed by atoms with Gasteiger partial charge in [0, 0.05) is 13.1 Å². The fourth-order valence-corrected chi connectivity index (χ4v) is 5.08. The molecule has 1 saturated carbocycles. The molecule has 2 unspecified atom stereocenters. The highest BCUT2D eigenvalue weighted by Gasteiger charge is 2.57. The Balaban J connectivity index is 1.99. The number of hydrogen-bond donors (Lipinski definition) is 0. The van der Waals surface area contributed by atoms with Gasteiger partial charge in [0.05, 0.1) is 10.1 Å². The fraction of sp³-hybridized carbons (Fsp3) is 0.733. The van der Waals surface area contributed by atoms with Gasteiger partial charge in [0.15, 0.2) is 0 Å². The number of allylic oxidation sites excluding steroid dienone is 4. The molecule has 1 nitrogen and oxygen atoms in total. The summed E-state index contributed by atoms with van der Waals surface area (Å²) in [6.45, 7) is 4.84. The van der Waals surface area contributed by atoms with E-state index in [-0.39, 0.29) is 5.41 Å². The summed E-state index contributed by atoms with van der Waals surface area (Å²) in [5.74, 6) is 0.832. The molecule has 3 aliphatic rings. The molecule has 3 rings (SSSR count). The molecule has 3 atom stereocenters. The van der Waals surface area contributed by atoms with Crippen LogP contribution in [-0.4, -0.2) is 25.0 Å². The summed E-state index contributed by atoms with van der Waals surface area (Å²) in [5, 5.41) is 1.48. The molecule has 3 heteroatoms. The monoisotopic (exact) mass is 285 g/mol. The van der Waals surface area contributed by atoms with Gasteiger partial charge in [-0.2, -0.15) is 0 Å². The van der Waals surface area contributed by atoms with Gasteiger partial charge in [-0.15, -0.1) is 0 Å². The lowest BCUT2D eigenvalue weighted by Crippen LogP contribution is -2.43. The minimum Gasteiger partial charge on any atom is -0.305 e. The van der Waals surface area contributed by atoms with Gasteiger partial charge in [0.2, 0.25) is 0 Å². The lowest BCUT2D eigenvalue weighted by atomic mass is 9.58. The van der Waals surface area contributed by atoms with Crippen LogP contribution >= 0.6 is 23.2 Å². The third-order valence-corrected chi connectivity index (χ3v) is 6.32. The van der Waals surface area contributed by atoms with E-state index in [1.54, 1.807) is 0 Å². The maximum absolute atomic E-state index is 6.30. The minimum absolute atomic E-state index is 0.175. The van der Waals surface area contributed by atoms with Gasteiger partial charge in [0.25, 0.3) is 0 Å². The Morgan fingerprint density at radius 2 is 2.11 bits per heavy atom. The number of fused-ring (bicyclic) bond motifs is 1. The summed E-state index contributed by atoms with van der Waals surface area (Å²) in [5.41, 5.74) is 0.588. The Hall–Kier alpha value is 0.0200. The average Bonchev–Trinajstić information content (AvgIpc) is 2.81. The van der Waals surface area contributed by atoms with E-state index < -0.39 is 0 Å². The molecule has 1 heterocycles. The summed E-state index contributed by atoms with van der Waals surface area (Å²) in [6.07, 6.45) is 9.48. The van der Waals surface area contributed by atoms with Crippen molar-refractivity contribution in [3.8, 4) is 0 Å². The van der Waals surface area contributed by atoms with E-state index in [9.17, 15) is 0 Å². The van der Waals surface area contributed by atoms with Crippen LogP contribution in [0.1, 0.15) is 32.6 Å². The van der Waals surface area contributed by atoms with Crippen LogP contribution in [0.25, 0.3) is 0 Å². The van der Waals surface area contributed by atoms with Crippen molar-refractivity contribution < 1.29 is 0 Å². The number of nitrogens with zero attached hydrogens (tertiary/aromatic N) is 1. The Labute approximate surface area is 120 Å². The summed E-state index contributed by atoms with van der Waals surface area (Å²) in [4.78, 5) is 2.50. The number of halogens is 2.